The van der Waals surface area contributed by atoms with Crippen molar-refractivity contribution in [3.63, 3.8) is 0 Å². The summed E-state index contributed by atoms with van der Waals surface area (Å²) in [7, 11) is 0. The molecule has 0 aromatic heterocycles. The van der Waals surface area contributed by atoms with E-state index in [1.807, 2.05) is 20.8 Å². The number of hydrogen-bond donors (Lipinski definition) is 2. The Balaban J connectivity index is 2.59. The highest BCUT2D eigenvalue weighted by Gasteiger charge is 2.30. The summed E-state index contributed by atoms with van der Waals surface area (Å²) >= 11 is 0. The number of amides is 1. The summed E-state index contributed by atoms with van der Waals surface area (Å²) in [6, 6.07) is 0.0833. The number of hydrogen-bond acceptors (Lipinski definition) is 4. The molecule has 1 saturated carbocycles. The number of nitrogens with two attached hydrogens (primary N) is 1. The average molecular weight is 343 g/mol. The lowest BCUT2D eigenvalue weighted by Gasteiger charge is -2.33. The number of carbonyl (C=O) groups is 1. The quantitative estimate of drug-likeness (QED) is 0.637. The van der Waals surface area contributed by atoms with Crippen LogP contribution in [-0.2, 0) is 4.74 Å². The van der Waals surface area contributed by atoms with Gasteiger partial charge in [-0.25, -0.2) is 4.79 Å². The fraction of sp³-hybridized carbons (Fsp3) is 0.947. The van der Waals surface area contributed by atoms with E-state index in [0.717, 1.165) is 25.7 Å². The van der Waals surface area contributed by atoms with Crippen molar-refractivity contribution < 1.29 is 14.6 Å². The molecule has 5 heteroatoms. The Morgan fingerprint density at radius 2 is 1.88 bits per heavy atom. The van der Waals surface area contributed by atoms with Crippen LogP contribution in [0.4, 0.5) is 4.79 Å². The molecule has 5 nitrogen and oxygen atoms in total. The standard InChI is InChI=1S/C19H38N2O3/c1-14(2)11-12-21(18(23)24-19(3,4)5)16(13-22)7-6-8-17(20)15-9-10-15/h14-17,22H,6-13,20H2,1-5H3. The van der Waals surface area contributed by atoms with E-state index in [9.17, 15) is 9.90 Å². The van der Waals surface area contributed by atoms with Gasteiger partial charge >= 0.3 is 6.09 Å². The van der Waals surface area contributed by atoms with Crippen molar-refractivity contribution in [1.82, 2.24) is 4.90 Å². The third-order valence-electron chi connectivity index (χ3n) is 4.53. The monoisotopic (exact) mass is 342 g/mol. The van der Waals surface area contributed by atoms with Crippen LogP contribution in [0.5, 0.6) is 0 Å². The predicted octanol–water partition coefficient (Wildman–Crippen LogP) is 3.54. The summed E-state index contributed by atoms with van der Waals surface area (Å²) in [5, 5.41) is 9.81. The van der Waals surface area contributed by atoms with Crippen LogP contribution in [0.2, 0.25) is 0 Å². The fourth-order valence-corrected chi connectivity index (χ4v) is 2.84. The lowest BCUT2D eigenvalue weighted by Crippen LogP contribution is -2.46. The molecule has 1 amide bonds. The van der Waals surface area contributed by atoms with Gasteiger partial charge in [-0.2, -0.15) is 0 Å². The third-order valence-corrected chi connectivity index (χ3v) is 4.53. The van der Waals surface area contributed by atoms with E-state index in [1.54, 1.807) is 4.90 Å². The lowest BCUT2D eigenvalue weighted by atomic mass is 10.0. The van der Waals surface area contributed by atoms with Crippen molar-refractivity contribution in [2.24, 2.45) is 17.6 Å². The van der Waals surface area contributed by atoms with E-state index >= 15 is 0 Å². The number of aliphatic hydroxyl groups is 1. The second-order valence-electron chi connectivity index (χ2n) is 8.62. The second kappa shape index (κ2) is 9.62. The molecular weight excluding hydrogens is 304 g/mol. The van der Waals surface area contributed by atoms with Gasteiger partial charge in [0.25, 0.3) is 0 Å². The first-order chi connectivity index (χ1) is 11.1. The van der Waals surface area contributed by atoms with E-state index in [0.29, 0.717) is 18.4 Å². The SMILES string of the molecule is CC(C)CCN(C(=O)OC(C)(C)C)C(CO)CCCC(N)C1CC1. The van der Waals surface area contributed by atoms with Crippen LogP contribution in [0.3, 0.4) is 0 Å². The molecule has 1 fully saturated rings. The molecule has 0 aromatic rings. The van der Waals surface area contributed by atoms with Crippen molar-refractivity contribution >= 4 is 6.09 Å². The molecule has 3 N–H and O–H groups in total. The van der Waals surface area contributed by atoms with Crippen LogP contribution in [0.25, 0.3) is 0 Å². The van der Waals surface area contributed by atoms with Gasteiger partial charge in [0.05, 0.1) is 12.6 Å². The van der Waals surface area contributed by atoms with Gasteiger partial charge in [0.1, 0.15) is 5.60 Å². The number of rotatable bonds is 10. The van der Waals surface area contributed by atoms with Crippen molar-refractivity contribution in [2.75, 3.05) is 13.2 Å². The van der Waals surface area contributed by atoms with Crippen LogP contribution >= 0.6 is 0 Å². The van der Waals surface area contributed by atoms with Crippen molar-refractivity contribution in [3.05, 3.63) is 0 Å². The lowest BCUT2D eigenvalue weighted by molar-refractivity contribution is 0.00673. The zero-order valence-electron chi connectivity index (χ0n) is 16.3. The molecule has 24 heavy (non-hydrogen) atoms. The average Bonchev–Trinajstić information content (AvgIpc) is 3.27. The van der Waals surface area contributed by atoms with Crippen LogP contribution in [0, 0.1) is 11.8 Å². The van der Waals surface area contributed by atoms with Gasteiger partial charge in [-0.1, -0.05) is 13.8 Å². The number of nitrogens with zero attached hydrogens (tertiary/aromatic N) is 1. The maximum Gasteiger partial charge on any atom is 0.410 e. The first kappa shape index (κ1) is 21.2. The topological polar surface area (TPSA) is 75.8 Å². The molecule has 0 bridgehead atoms. The Kier molecular flexibility index (Phi) is 8.51. The first-order valence-electron chi connectivity index (χ1n) is 9.50. The van der Waals surface area contributed by atoms with Gasteiger partial charge in [-0.3, -0.25) is 0 Å². The van der Waals surface area contributed by atoms with E-state index < -0.39 is 5.60 Å². The molecule has 142 valence electrons. The second-order valence-corrected chi connectivity index (χ2v) is 8.62. The number of aliphatic hydroxyl groups excluding tert-OH is 1. The van der Waals surface area contributed by atoms with Crippen molar-refractivity contribution in [2.45, 2.75) is 90.8 Å². The van der Waals surface area contributed by atoms with E-state index in [4.69, 9.17) is 10.5 Å². The first-order valence-corrected chi connectivity index (χ1v) is 9.50. The zero-order chi connectivity index (χ0) is 18.3. The van der Waals surface area contributed by atoms with Gasteiger partial charge < -0.3 is 20.5 Å². The van der Waals surface area contributed by atoms with Crippen molar-refractivity contribution in [1.29, 1.82) is 0 Å². The van der Waals surface area contributed by atoms with Crippen LogP contribution in [0.15, 0.2) is 0 Å². The Morgan fingerprint density at radius 3 is 2.33 bits per heavy atom. The Morgan fingerprint density at radius 1 is 1.25 bits per heavy atom. The van der Waals surface area contributed by atoms with E-state index in [2.05, 4.69) is 13.8 Å². The fourth-order valence-electron chi connectivity index (χ4n) is 2.84. The molecule has 0 aromatic carbocycles. The Labute approximate surface area is 147 Å². The minimum Gasteiger partial charge on any atom is -0.444 e. The number of carbonyl (C=O) groups excluding carboxylic acids is 1. The molecule has 2 atom stereocenters. The molecule has 0 radical (unpaired) electrons. The highest BCUT2D eigenvalue weighted by molar-refractivity contribution is 5.68. The Hall–Kier alpha value is -0.810. The predicted molar refractivity (Wildman–Crippen MR) is 97.8 cm³/mol. The normalized spacial score (nSPS) is 17.7. The summed E-state index contributed by atoms with van der Waals surface area (Å²) in [6.07, 6.45) is 5.75. The third kappa shape index (κ3) is 8.34. The van der Waals surface area contributed by atoms with E-state index in [-0.39, 0.29) is 24.8 Å². The van der Waals surface area contributed by atoms with Gasteiger partial charge in [0.2, 0.25) is 0 Å². The summed E-state index contributed by atoms with van der Waals surface area (Å²) in [5.41, 5.74) is 5.63. The highest BCUT2D eigenvalue weighted by Crippen LogP contribution is 2.33. The van der Waals surface area contributed by atoms with Gasteiger partial charge in [-0.15, -0.1) is 0 Å². The molecule has 0 heterocycles. The summed E-state index contributed by atoms with van der Waals surface area (Å²) in [5.74, 6) is 1.19. The van der Waals surface area contributed by atoms with Crippen molar-refractivity contribution in [3.8, 4) is 0 Å². The van der Waals surface area contributed by atoms with Gasteiger partial charge in [0, 0.05) is 12.6 Å². The number of ether oxygens (including phenoxy) is 1. The van der Waals surface area contributed by atoms with Crippen LogP contribution in [0.1, 0.15) is 73.1 Å². The molecule has 1 rings (SSSR count). The van der Waals surface area contributed by atoms with Gasteiger partial charge in [-0.05, 0) is 71.1 Å². The summed E-state index contributed by atoms with van der Waals surface area (Å²) in [4.78, 5) is 14.3. The molecule has 1 aliphatic rings. The molecule has 0 aliphatic heterocycles. The van der Waals surface area contributed by atoms with Crippen LogP contribution < -0.4 is 5.73 Å². The maximum absolute atomic E-state index is 12.6. The summed E-state index contributed by atoms with van der Waals surface area (Å²) in [6.45, 7) is 10.5. The summed E-state index contributed by atoms with van der Waals surface area (Å²) < 4.78 is 5.54. The van der Waals surface area contributed by atoms with Crippen LogP contribution in [-0.4, -0.2) is 46.9 Å². The zero-order valence-corrected chi connectivity index (χ0v) is 16.3. The molecule has 0 spiro atoms. The highest BCUT2D eigenvalue weighted by atomic mass is 16.6. The molecule has 0 saturated heterocycles. The maximum atomic E-state index is 12.6. The largest absolute Gasteiger partial charge is 0.444 e. The Bertz CT molecular complexity index is 375. The molecule has 1 aliphatic carbocycles. The minimum atomic E-state index is -0.526. The molecule has 2 unspecified atom stereocenters. The smallest absolute Gasteiger partial charge is 0.410 e. The minimum absolute atomic E-state index is 0.0317. The molecular formula is C19H38N2O3. The van der Waals surface area contributed by atoms with E-state index in [1.165, 1.54) is 12.8 Å². The van der Waals surface area contributed by atoms with Gasteiger partial charge in [0.15, 0.2) is 0 Å².